The second kappa shape index (κ2) is 11.0. The fourth-order valence-electron chi connectivity index (χ4n) is 2.60. The van der Waals surface area contributed by atoms with Crippen molar-refractivity contribution in [1.29, 1.82) is 0 Å². The molecule has 1 aromatic carbocycles. The molecule has 0 bridgehead atoms. The number of nitrogen functional groups attached to an aromatic ring is 1. The van der Waals surface area contributed by atoms with Gasteiger partial charge in [-0.15, -0.1) is 11.8 Å². The highest BCUT2D eigenvalue weighted by atomic mass is 19.1. The highest BCUT2D eigenvalue weighted by molar-refractivity contribution is 6.07. The molecule has 0 saturated carbocycles. The maximum Gasteiger partial charge on any atom is 0.259 e. The maximum atomic E-state index is 14.7. The van der Waals surface area contributed by atoms with Crippen molar-refractivity contribution in [1.82, 2.24) is 4.98 Å². The molecule has 2 rings (SSSR count). The van der Waals surface area contributed by atoms with Gasteiger partial charge in [-0.3, -0.25) is 4.79 Å². The van der Waals surface area contributed by atoms with E-state index in [9.17, 15) is 9.18 Å². The summed E-state index contributed by atoms with van der Waals surface area (Å²) < 4.78 is 25.2. The van der Waals surface area contributed by atoms with Gasteiger partial charge >= 0.3 is 0 Å². The summed E-state index contributed by atoms with van der Waals surface area (Å²) in [6, 6.07) is 6.20. The minimum atomic E-state index is -0.639. The second-order valence-corrected chi connectivity index (χ2v) is 6.35. The van der Waals surface area contributed by atoms with Crippen LogP contribution in [0.15, 0.2) is 24.3 Å². The number of nitrogens with zero attached hydrogens (tertiary/aromatic N) is 1. The number of nitrogens with one attached hydrogen (secondary N) is 1. The van der Waals surface area contributed by atoms with E-state index in [4.69, 9.17) is 15.2 Å². The molecule has 0 aliphatic carbocycles. The third kappa shape index (κ3) is 6.19. The summed E-state index contributed by atoms with van der Waals surface area (Å²) in [5.74, 6) is 4.92. The minimum absolute atomic E-state index is 0.0105. The number of nitrogens with two attached hydrogens (primary N) is 1. The molecule has 6 nitrogen and oxygen atoms in total. The average Bonchev–Trinajstić information content (AvgIpc) is 2.69. The summed E-state index contributed by atoms with van der Waals surface area (Å²) in [6.07, 6.45) is 2.20. The van der Waals surface area contributed by atoms with Gasteiger partial charge in [0.25, 0.3) is 5.91 Å². The van der Waals surface area contributed by atoms with E-state index in [1.54, 1.807) is 26.2 Å². The molecule has 1 heterocycles. The third-order valence-electron chi connectivity index (χ3n) is 4.09. The number of halogens is 1. The van der Waals surface area contributed by atoms with Crippen LogP contribution in [-0.2, 0) is 11.3 Å². The Morgan fingerprint density at radius 1 is 1.34 bits per heavy atom. The number of unbranched alkanes of at least 4 members (excludes halogenated alkanes) is 1. The van der Waals surface area contributed by atoms with Gasteiger partial charge in [0.2, 0.25) is 0 Å². The van der Waals surface area contributed by atoms with Crippen molar-refractivity contribution in [3.8, 4) is 17.6 Å². The monoisotopic (exact) mass is 399 g/mol. The van der Waals surface area contributed by atoms with Crippen molar-refractivity contribution >= 4 is 17.4 Å². The first-order valence-corrected chi connectivity index (χ1v) is 9.41. The number of hydrogen-bond donors (Lipinski definition) is 2. The zero-order chi connectivity index (χ0) is 21.2. The molecule has 0 fully saturated rings. The molecule has 0 saturated heterocycles. The Kier molecular flexibility index (Phi) is 8.44. The number of pyridine rings is 1. The average molecular weight is 399 g/mol. The van der Waals surface area contributed by atoms with Gasteiger partial charge in [-0.25, -0.2) is 9.37 Å². The van der Waals surface area contributed by atoms with Gasteiger partial charge in [-0.1, -0.05) is 13.0 Å². The van der Waals surface area contributed by atoms with Crippen LogP contribution in [0.5, 0.6) is 5.75 Å². The molecular formula is C22H26FN3O3. The number of rotatable bonds is 8. The fourth-order valence-corrected chi connectivity index (χ4v) is 2.60. The van der Waals surface area contributed by atoms with Crippen molar-refractivity contribution < 1.29 is 18.7 Å². The minimum Gasteiger partial charge on any atom is -0.490 e. The van der Waals surface area contributed by atoms with Crippen LogP contribution in [0, 0.1) is 24.6 Å². The first kappa shape index (κ1) is 22.2. The van der Waals surface area contributed by atoms with Crippen molar-refractivity contribution in [3.63, 3.8) is 0 Å². The molecule has 0 aliphatic heterocycles. The van der Waals surface area contributed by atoms with E-state index < -0.39 is 11.7 Å². The summed E-state index contributed by atoms with van der Waals surface area (Å²) in [7, 11) is 1.55. The summed E-state index contributed by atoms with van der Waals surface area (Å²) in [5.41, 5.74) is 7.49. The summed E-state index contributed by atoms with van der Waals surface area (Å²) >= 11 is 0. The number of amides is 1. The van der Waals surface area contributed by atoms with Crippen molar-refractivity contribution in [2.75, 3.05) is 24.8 Å². The van der Waals surface area contributed by atoms with Gasteiger partial charge in [0.15, 0.2) is 11.6 Å². The normalized spacial score (nSPS) is 10.2. The smallest absolute Gasteiger partial charge is 0.259 e. The number of carbonyl (C=O) groups excluding carboxylic acids is 1. The SMILES string of the molecule is CCC#CCCCOc1cccc(NC(=O)c2cc(C)c(COC)nc2N)c1F. The van der Waals surface area contributed by atoms with Crippen molar-refractivity contribution in [2.45, 2.75) is 39.7 Å². The summed E-state index contributed by atoms with van der Waals surface area (Å²) in [4.78, 5) is 16.8. The van der Waals surface area contributed by atoms with Gasteiger partial charge in [-0.05, 0) is 37.1 Å². The van der Waals surface area contributed by atoms with E-state index in [1.165, 1.54) is 12.1 Å². The molecule has 2 aromatic rings. The zero-order valence-electron chi connectivity index (χ0n) is 17.0. The Bertz CT molecular complexity index is 919. The van der Waals surface area contributed by atoms with Gasteiger partial charge < -0.3 is 20.5 Å². The van der Waals surface area contributed by atoms with Gasteiger partial charge in [-0.2, -0.15) is 0 Å². The fraction of sp³-hybridized carbons (Fsp3) is 0.364. The predicted molar refractivity (Wildman–Crippen MR) is 111 cm³/mol. The third-order valence-corrected chi connectivity index (χ3v) is 4.09. The van der Waals surface area contributed by atoms with Crippen LogP contribution in [0.25, 0.3) is 0 Å². The Labute approximate surface area is 170 Å². The highest BCUT2D eigenvalue weighted by Crippen LogP contribution is 2.26. The number of anilines is 2. The standard InChI is InChI=1S/C22H26FN3O3/c1-4-5-6-7-8-12-29-19-11-9-10-17(20(19)23)26-22(27)16-13-15(2)18(14-28-3)25-21(16)24/h9-11,13H,4,7-8,12,14H2,1-3H3,(H2,24,25)(H,26,27). The number of carbonyl (C=O) groups is 1. The Morgan fingerprint density at radius 2 is 2.14 bits per heavy atom. The van der Waals surface area contributed by atoms with Gasteiger partial charge in [0.05, 0.1) is 30.2 Å². The second-order valence-electron chi connectivity index (χ2n) is 6.35. The van der Waals surface area contributed by atoms with Crippen LogP contribution in [0.1, 0.15) is 47.8 Å². The van der Waals surface area contributed by atoms with E-state index >= 15 is 0 Å². The summed E-state index contributed by atoms with van der Waals surface area (Å²) in [6.45, 7) is 4.41. The quantitative estimate of drug-likeness (QED) is 0.516. The van der Waals surface area contributed by atoms with Crippen molar-refractivity contribution in [3.05, 3.63) is 46.9 Å². The number of aromatic nitrogens is 1. The lowest BCUT2D eigenvalue weighted by Gasteiger charge is -2.13. The molecule has 1 aromatic heterocycles. The molecular weight excluding hydrogens is 373 g/mol. The van der Waals surface area contributed by atoms with Crippen LogP contribution in [0.4, 0.5) is 15.9 Å². The lowest BCUT2D eigenvalue weighted by molar-refractivity contribution is 0.102. The van der Waals surface area contributed by atoms with E-state index in [-0.39, 0.29) is 29.4 Å². The largest absolute Gasteiger partial charge is 0.490 e. The Hall–Kier alpha value is -3.11. The van der Waals surface area contributed by atoms with E-state index in [1.807, 2.05) is 6.92 Å². The summed E-state index contributed by atoms with van der Waals surface area (Å²) in [5, 5.41) is 2.54. The Morgan fingerprint density at radius 3 is 2.86 bits per heavy atom. The van der Waals surface area contributed by atoms with E-state index in [2.05, 4.69) is 22.1 Å². The number of methoxy groups -OCH3 is 1. The van der Waals surface area contributed by atoms with Crippen molar-refractivity contribution in [2.24, 2.45) is 0 Å². The van der Waals surface area contributed by atoms with Crippen LogP contribution < -0.4 is 15.8 Å². The first-order valence-electron chi connectivity index (χ1n) is 9.41. The molecule has 7 heteroatoms. The highest BCUT2D eigenvalue weighted by Gasteiger charge is 2.17. The molecule has 3 N–H and O–H groups in total. The van der Waals surface area contributed by atoms with Crippen LogP contribution in [-0.4, -0.2) is 24.6 Å². The number of hydrogen-bond acceptors (Lipinski definition) is 5. The van der Waals surface area contributed by atoms with E-state index in [0.29, 0.717) is 25.1 Å². The molecule has 0 unspecified atom stereocenters. The molecule has 29 heavy (non-hydrogen) atoms. The molecule has 154 valence electrons. The number of aryl methyl sites for hydroxylation is 1. The Balaban J connectivity index is 2.08. The predicted octanol–water partition coefficient (Wildman–Crippen LogP) is 4.08. The van der Waals surface area contributed by atoms with Crippen LogP contribution in [0.2, 0.25) is 0 Å². The van der Waals surface area contributed by atoms with Gasteiger partial charge in [0, 0.05) is 20.0 Å². The van der Waals surface area contributed by atoms with E-state index in [0.717, 1.165) is 12.0 Å². The molecule has 0 radical (unpaired) electrons. The molecule has 0 aliphatic rings. The van der Waals surface area contributed by atoms with Gasteiger partial charge in [0.1, 0.15) is 5.82 Å². The lowest BCUT2D eigenvalue weighted by atomic mass is 10.1. The molecule has 0 atom stereocenters. The molecule has 1 amide bonds. The topological polar surface area (TPSA) is 86.5 Å². The van der Waals surface area contributed by atoms with Crippen LogP contribution in [0.3, 0.4) is 0 Å². The molecule has 0 spiro atoms. The number of ether oxygens (including phenoxy) is 2. The number of benzene rings is 1. The maximum absolute atomic E-state index is 14.7. The van der Waals surface area contributed by atoms with Crippen LogP contribution >= 0.6 is 0 Å². The lowest BCUT2D eigenvalue weighted by Crippen LogP contribution is -2.17. The first-order chi connectivity index (χ1) is 14.0. The zero-order valence-corrected chi connectivity index (χ0v) is 17.0.